The van der Waals surface area contributed by atoms with Gasteiger partial charge in [0.15, 0.2) is 0 Å². The molecule has 1 aromatic carbocycles. The first-order valence-electron chi connectivity index (χ1n) is 9.73. The number of para-hydroxylation sites is 2. The van der Waals surface area contributed by atoms with E-state index >= 15 is 0 Å². The normalized spacial score (nSPS) is 16.5. The molecule has 6 nitrogen and oxygen atoms in total. The number of hydrogen-bond donors (Lipinski definition) is 1. The molecule has 1 N–H and O–H groups in total. The lowest BCUT2D eigenvalue weighted by atomic mass is 10.0. The average molecular weight is 409 g/mol. The molecular weight excluding hydrogens is 384 g/mol. The number of carbonyl (C=O) groups is 1. The molecule has 1 amide bonds. The summed E-state index contributed by atoms with van der Waals surface area (Å²) in [5.41, 5.74) is 2.60. The van der Waals surface area contributed by atoms with E-state index in [1.165, 1.54) is 11.3 Å². The van der Waals surface area contributed by atoms with Crippen LogP contribution in [0.1, 0.15) is 28.2 Å². The van der Waals surface area contributed by atoms with Crippen molar-refractivity contribution in [3.05, 3.63) is 59.2 Å². The molecule has 3 heterocycles. The Bertz CT molecular complexity index is 989. The van der Waals surface area contributed by atoms with Gasteiger partial charge in [-0.15, -0.1) is 11.3 Å². The number of amides is 1. The van der Waals surface area contributed by atoms with Gasteiger partial charge in [-0.3, -0.25) is 9.78 Å². The lowest BCUT2D eigenvalue weighted by Crippen LogP contribution is -2.47. The zero-order valence-corrected chi connectivity index (χ0v) is 17.4. The highest BCUT2D eigenvalue weighted by molar-refractivity contribution is 7.17. The zero-order valence-electron chi connectivity index (χ0n) is 16.6. The zero-order chi connectivity index (χ0) is 20.2. The van der Waals surface area contributed by atoms with Crippen molar-refractivity contribution < 1.29 is 9.53 Å². The van der Waals surface area contributed by atoms with Gasteiger partial charge >= 0.3 is 0 Å². The topological polar surface area (TPSA) is 67.3 Å². The molecule has 1 atom stereocenters. The van der Waals surface area contributed by atoms with E-state index in [-0.39, 0.29) is 11.9 Å². The number of anilines is 1. The van der Waals surface area contributed by atoms with E-state index in [2.05, 4.69) is 26.3 Å². The van der Waals surface area contributed by atoms with Gasteiger partial charge in [0.2, 0.25) is 0 Å². The fourth-order valence-electron chi connectivity index (χ4n) is 3.66. The van der Waals surface area contributed by atoms with Crippen molar-refractivity contribution in [3.63, 3.8) is 0 Å². The number of benzene rings is 1. The van der Waals surface area contributed by atoms with Crippen molar-refractivity contribution in [3.8, 4) is 16.5 Å². The molecule has 0 bridgehead atoms. The molecule has 0 radical (unpaired) electrons. The predicted octanol–water partition coefficient (Wildman–Crippen LogP) is 3.92. The molecule has 0 spiro atoms. The number of rotatable bonds is 5. The molecule has 1 aliphatic rings. The highest BCUT2D eigenvalue weighted by atomic mass is 32.1. The summed E-state index contributed by atoms with van der Waals surface area (Å²) in [4.78, 5) is 24.8. The van der Waals surface area contributed by atoms with Gasteiger partial charge in [0.25, 0.3) is 5.91 Å². The molecule has 2 aromatic heterocycles. The molecule has 150 valence electrons. The number of aromatic nitrogens is 2. The molecule has 0 saturated carbocycles. The van der Waals surface area contributed by atoms with Crippen molar-refractivity contribution in [2.75, 3.05) is 25.1 Å². The van der Waals surface area contributed by atoms with E-state index in [1.54, 1.807) is 13.3 Å². The van der Waals surface area contributed by atoms with Crippen LogP contribution in [0.15, 0.2) is 48.7 Å². The smallest absolute Gasteiger partial charge is 0.263 e. The number of nitrogens with one attached hydrogen (secondary N) is 1. The number of hydrogen-bond acceptors (Lipinski definition) is 6. The summed E-state index contributed by atoms with van der Waals surface area (Å²) in [6.07, 6.45) is 3.71. The molecule has 29 heavy (non-hydrogen) atoms. The van der Waals surface area contributed by atoms with Crippen molar-refractivity contribution in [2.24, 2.45) is 0 Å². The van der Waals surface area contributed by atoms with Gasteiger partial charge < -0.3 is 15.0 Å². The van der Waals surface area contributed by atoms with Crippen LogP contribution in [-0.4, -0.2) is 42.1 Å². The van der Waals surface area contributed by atoms with Crippen LogP contribution in [0.2, 0.25) is 0 Å². The second-order valence-electron chi connectivity index (χ2n) is 7.08. The fraction of sp³-hybridized carbons (Fsp3) is 0.318. The number of ether oxygens (including phenoxy) is 1. The van der Waals surface area contributed by atoms with Crippen LogP contribution in [0, 0.1) is 6.92 Å². The van der Waals surface area contributed by atoms with E-state index in [1.807, 2.05) is 43.3 Å². The van der Waals surface area contributed by atoms with Gasteiger partial charge in [0.1, 0.15) is 15.6 Å². The van der Waals surface area contributed by atoms with Crippen LogP contribution in [-0.2, 0) is 0 Å². The third-order valence-corrected chi connectivity index (χ3v) is 6.25. The molecule has 7 heteroatoms. The Morgan fingerprint density at radius 1 is 1.24 bits per heavy atom. The van der Waals surface area contributed by atoms with Crippen LogP contribution >= 0.6 is 11.3 Å². The Kier molecular flexibility index (Phi) is 5.76. The van der Waals surface area contributed by atoms with E-state index in [4.69, 9.17) is 4.74 Å². The highest BCUT2D eigenvalue weighted by Crippen LogP contribution is 2.30. The van der Waals surface area contributed by atoms with Crippen LogP contribution in [0.25, 0.3) is 10.7 Å². The Balaban J connectivity index is 1.47. The first kappa shape index (κ1) is 19.4. The van der Waals surface area contributed by atoms with Crippen LogP contribution in [0.5, 0.6) is 5.75 Å². The largest absolute Gasteiger partial charge is 0.495 e. The Hall–Kier alpha value is -2.93. The summed E-state index contributed by atoms with van der Waals surface area (Å²) in [6, 6.07) is 13.8. The number of thiazole rings is 1. The van der Waals surface area contributed by atoms with Crippen molar-refractivity contribution in [1.82, 2.24) is 15.3 Å². The Morgan fingerprint density at radius 2 is 2.07 bits per heavy atom. The summed E-state index contributed by atoms with van der Waals surface area (Å²) in [7, 11) is 1.69. The van der Waals surface area contributed by atoms with E-state index in [9.17, 15) is 4.79 Å². The molecule has 3 aromatic rings. The molecule has 1 unspecified atom stereocenters. The maximum absolute atomic E-state index is 12.9. The van der Waals surface area contributed by atoms with Crippen LogP contribution in [0.3, 0.4) is 0 Å². The maximum atomic E-state index is 12.9. The third kappa shape index (κ3) is 4.24. The summed E-state index contributed by atoms with van der Waals surface area (Å²) >= 11 is 1.39. The molecule has 0 aliphatic carbocycles. The lowest BCUT2D eigenvalue weighted by molar-refractivity contribution is 0.0936. The predicted molar refractivity (Wildman–Crippen MR) is 116 cm³/mol. The van der Waals surface area contributed by atoms with Gasteiger partial charge in [-0.05, 0) is 44.0 Å². The average Bonchev–Trinajstić information content (AvgIpc) is 3.16. The van der Waals surface area contributed by atoms with Crippen LogP contribution < -0.4 is 15.0 Å². The third-order valence-electron chi connectivity index (χ3n) is 5.07. The monoisotopic (exact) mass is 408 g/mol. The van der Waals surface area contributed by atoms with Gasteiger partial charge in [0, 0.05) is 25.3 Å². The number of pyridine rings is 1. The molecule has 1 fully saturated rings. The summed E-state index contributed by atoms with van der Waals surface area (Å²) in [5.74, 6) is 0.798. The Labute approximate surface area is 174 Å². The quantitative estimate of drug-likeness (QED) is 0.693. The van der Waals surface area contributed by atoms with Gasteiger partial charge in [-0.25, -0.2) is 4.98 Å². The molecule has 4 rings (SSSR count). The number of piperidine rings is 1. The Morgan fingerprint density at radius 3 is 2.86 bits per heavy atom. The van der Waals surface area contributed by atoms with Gasteiger partial charge in [-0.2, -0.15) is 0 Å². The summed E-state index contributed by atoms with van der Waals surface area (Å²) < 4.78 is 5.50. The van der Waals surface area contributed by atoms with Crippen molar-refractivity contribution in [2.45, 2.75) is 25.8 Å². The minimum Gasteiger partial charge on any atom is -0.495 e. The summed E-state index contributed by atoms with van der Waals surface area (Å²) in [5, 5.41) is 3.98. The number of aryl methyl sites for hydroxylation is 1. The first-order valence-corrected chi connectivity index (χ1v) is 10.5. The minimum absolute atomic E-state index is 0.0611. The number of nitrogens with zero attached hydrogens (tertiary/aromatic N) is 3. The minimum atomic E-state index is -0.0611. The first-order chi connectivity index (χ1) is 14.2. The van der Waals surface area contributed by atoms with Gasteiger partial charge in [0.05, 0.1) is 24.2 Å². The van der Waals surface area contributed by atoms with E-state index in [0.717, 1.165) is 53.8 Å². The van der Waals surface area contributed by atoms with Crippen LogP contribution in [0.4, 0.5) is 5.69 Å². The number of carbonyl (C=O) groups excluding carboxylic acids is 1. The lowest BCUT2D eigenvalue weighted by Gasteiger charge is -2.35. The van der Waals surface area contributed by atoms with Gasteiger partial charge in [-0.1, -0.05) is 18.2 Å². The number of methoxy groups -OCH3 is 1. The van der Waals surface area contributed by atoms with E-state index in [0.29, 0.717) is 4.88 Å². The fourth-order valence-corrected chi connectivity index (χ4v) is 4.61. The standard InChI is InChI=1S/C22H24N4O2S/c1-15-20(29-22(24-15)17-9-5-6-12-23-17)21(27)25-16-8-7-13-26(14-16)18-10-3-4-11-19(18)28-2/h3-6,9-12,16H,7-8,13-14H2,1-2H3,(H,25,27). The SMILES string of the molecule is COc1ccccc1N1CCCC(NC(=O)c2sc(-c3ccccn3)nc2C)C1. The molecular formula is C22H24N4O2S. The maximum Gasteiger partial charge on any atom is 0.263 e. The van der Waals surface area contributed by atoms with Crippen molar-refractivity contribution in [1.29, 1.82) is 0 Å². The van der Waals surface area contributed by atoms with Crippen molar-refractivity contribution >= 4 is 22.9 Å². The molecule has 1 saturated heterocycles. The highest BCUT2D eigenvalue weighted by Gasteiger charge is 2.25. The van der Waals surface area contributed by atoms with E-state index < -0.39 is 0 Å². The molecule has 1 aliphatic heterocycles. The summed E-state index contributed by atoms with van der Waals surface area (Å²) in [6.45, 7) is 3.59. The second kappa shape index (κ2) is 8.61. The second-order valence-corrected chi connectivity index (χ2v) is 8.08.